The van der Waals surface area contributed by atoms with Crippen LogP contribution in [0.4, 0.5) is 4.79 Å². The normalized spacial score (nSPS) is 22.9. The number of aliphatic hydroxyl groups excluding tert-OH is 1. The maximum absolute atomic E-state index is 12.1. The van der Waals surface area contributed by atoms with Crippen LogP contribution in [-0.2, 0) is 0 Å². The van der Waals surface area contributed by atoms with Crippen LogP contribution < -0.4 is 5.32 Å². The summed E-state index contributed by atoms with van der Waals surface area (Å²) in [6.45, 7) is 7.58. The highest BCUT2D eigenvalue weighted by atomic mass is 16.3. The smallest absolute Gasteiger partial charge is 0.317 e. The molecule has 19 heavy (non-hydrogen) atoms. The highest BCUT2D eigenvalue weighted by Crippen LogP contribution is 2.19. The first-order chi connectivity index (χ1) is 9.04. The van der Waals surface area contributed by atoms with Crippen molar-refractivity contribution in [1.29, 1.82) is 0 Å². The molecule has 0 radical (unpaired) electrons. The topological polar surface area (TPSA) is 52.6 Å². The molecule has 2 amide bonds. The largest absolute Gasteiger partial charge is 0.393 e. The fourth-order valence-corrected chi connectivity index (χ4v) is 2.66. The SMILES string of the molecule is CCCCCC(C)NC(=O)N1CCCC(C(C)O)C1. The molecule has 0 aromatic rings. The summed E-state index contributed by atoms with van der Waals surface area (Å²) in [6.07, 6.45) is 6.36. The Morgan fingerprint density at radius 1 is 1.42 bits per heavy atom. The maximum Gasteiger partial charge on any atom is 0.317 e. The molecule has 3 atom stereocenters. The van der Waals surface area contributed by atoms with Gasteiger partial charge in [-0.05, 0) is 33.1 Å². The number of unbranched alkanes of at least 4 members (excludes halogenated alkanes) is 2. The Hall–Kier alpha value is -0.770. The van der Waals surface area contributed by atoms with Crippen LogP contribution in [0.2, 0.25) is 0 Å². The van der Waals surface area contributed by atoms with Gasteiger partial charge >= 0.3 is 6.03 Å². The number of piperidine rings is 1. The lowest BCUT2D eigenvalue weighted by Gasteiger charge is -2.34. The van der Waals surface area contributed by atoms with Crippen LogP contribution in [-0.4, -0.2) is 41.3 Å². The number of aliphatic hydroxyl groups is 1. The number of amides is 2. The highest BCUT2D eigenvalue weighted by molar-refractivity contribution is 5.74. The van der Waals surface area contributed by atoms with E-state index in [1.54, 1.807) is 0 Å². The van der Waals surface area contributed by atoms with Gasteiger partial charge in [0.15, 0.2) is 0 Å². The van der Waals surface area contributed by atoms with Gasteiger partial charge in [-0.1, -0.05) is 26.2 Å². The first kappa shape index (κ1) is 16.3. The number of nitrogens with zero attached hydrogens (tertiary/aromatic N) is 1. The molecule has 0 aromatic carbocycles. The van der Waals surface area contributed by atoms with E-state index in [0.717, 1.165) is 25.8 Å². The van der Waals surface area contributed by atoms with Crippen LogP contribution in [0.5, 0.6) is 0 Å². The summed E-state index contributed by atoms with van der Waals surface area (Å²) in [4.78, 5) is 14.0. The predicted octanol–water partition coefficient (Wildman–Crippen LogP) is 2.76. The second-order valence-corrected chi connectivity index (χ2v) is 5.94. The van der Waals surface area contributed by atoms with E-state index in [1.165, 1.54) is 19.3 Å². The Morgan fingerprint density at radius 2 is 2.16 bits per heavy atom. The predicted molar refractivity (Wildman–Crippen MR) is 78.1 cm³/mol. The highest BCUT2D eigenvalue weighted by Gasteiger charge is 2.26. The van der Waals surface area contributed by atoms with Gasteiger partial charge in [-0.2, -0.15) is 0 Å². The zero-order valence-corrected chi connectivity index (χ0v) is 12.7. The maximum atomic E-state index is 12.1. The lowest BCUT2D eigenvalue weighted by atomic mass is 9.94. The first-order valence-electron chi connectivity index (χ1n) is 7.78. The number of hydrogen-bond acceptors (Lipinski definition) is 2. The lowest BCUT2D eigenvalue weighted by Crippen LogP contribution is -2.49. The molecule has 0 aliphatic carbocycles. The third kappa shape index (κ3) is 5.81. The van der Waals surface area contributed by atoms with Crippen molar-refractivity contribution >= 4 is 6.03 Å². The second kappa shape index (κ2) is 8.41. The van der Waals surface area contributed by atoms with Crippen molar-refractivity contribution in [3.63, 3.8) is 0 Å². The molecule has 1 rings (SSSR count). The monoisotopic (exact) mass is 270 g/mol. The van der Waals surface area contributed by atoms with Crippen molar-refractivity contribution in [2.75, 3.05) is 13.1 Å². The van der Waals surface area contributed by atoms with Crippen LogP contribution in [0.15, 0.2) is 0 Å². The Balaban J connectivity index is 2.31. The van der Waals surface area contributed by atoms with Crippen LogP contribution in [0.1, 0.15) is 59.3 Å². The van der Waals surface area contributed by atoms with Gasteiger partial charge in [0.05, 0.1) is 6.10 Å². The molecule has 4 nitrogen and oxygen atoms in total. The molecule has 1 saturated heterocycles. The molecular weight excluding hydrogens is 240 g/mol. The van der Waals surface area contributed by atoms with E-state index in [9.17, 15) is 9.90 Å². The number of urea groups is 1. The van der Waals surface area contributed by atoms with Gasteiger partial charge in [-0.15, -0.1) is 0 Å². The Labute approximate surface area is 117 Å². The Kier molecular flexibility index (Phi) is 7.21. The molecule has 1 fully saturated rings. The number of carbonyl (C=O) groups excluding carboxylic acids is 1. The van der Waals surface area contributed by atoms with Crippen molar-refractivity contribution in [2.24, 2.45) is 5.92 Å². The van der Waals surface area contributed by atoms with Gasteiger partial charge in [-0.25, -0.2) is 4.79 Å². The summed E-state index contributed by atoms with van der Waals surface area (Å²) < 4.78 is 0. The van der Waals surface area contributed by atoms with Crippen LogP contribution in [0, 0.1) is 5.92 Å². The summed E-state index contributed by atoms with van der Waals surface area (Å²) >= 11 is 0. The second-order valence-electron chi connectivity index (χ2n) is 5.94. The van der Waals surface area contributed by atoms with E-state index in [-0.39, 0.29) is 24.1 Å². The minimum Gasteiger partial charge on any atom is -0.393 e. The third-order valence-corrected chi connectivity index (χ3v) is 4.04. The van der Waals surface area contributed by atoms with E-state index < -0.39 is 0 Å². The summed E-state index contributed by atoms with van der Waals surface area (Å²) in [5.41, 5.74) is 0. The lowest BCUT2D eigenvalue weighted by molar-refractivity contribution is 0.0733. The molecule has 0 saturated carbocycles. The molecule has 1 heterocycles. The molecule has 1 aliphatic heterocycles. The number of nitrogens with one attached hydrogen (secondary N) is 1. The zero-order chi connectivity index (χ0) is 14.3. The van der Waals surface area contributed by atoms with Gasteiger partial charge in [0.25, 0.3) is 0 Å². The molecule has 0 bridgehead atoms. The first-order valence-corrected chi connectivity index (χ1v) is 7.78. The van der Waals surface area contributed by atoms with Crippen molar-refractivity contribution < 1.29 is 9.90 Å². The van der Waals surface area contributed by atoms with Crippen LogP contribution in [0.3, 0.4) is 0 Å². The fourth-order valence-electron chi connectivity index (χ4n) is 2.66. The van der Waals surface area contributed by atoms with E-state index in [2.05, 4.69) is 19.2 Å². The third-order valence-electron chi connectivity index (χ3n) is 4.04. The van der Waals surface area contributed by atoms with Gasteiger partial charge in [0.2, 0.25) is 0 Å². The van der Waals surface area contributed by atoms with E-state index >= 15 is 0 Å². The number of hydrogen-bond donors (Lipinski definition) is 2. The van der Waals surface area contributed by atoms with Gasteiger partial charge in [0, 0.05) is 25.0 Å². The standard InChI is InChI=1S/C15H30N2O2/c1-4-5-6-8-12(2)16-15(19)17-10-7-9-14(11-17)13(3)18/h12-14,18H,4-11H2,1-3H3,(H,16,19). The molecule has 0 spiro atoms. The molecule has 3 unspecified atom stereocenters. The quantitative estimate of drug-likeness (QED) is 0.729. The summed E-state index contributed by atoms with van der Waals surface area (Å²) in [5, 5.41) is 12.7. The van der Waals surface area contributed by atoms with E-state index in [1.807, 2.05) is 11.8 Å². The van der Waals surface area contributed by atoms with Crippen molar-refractivity contribution in [3.8, 4) is 0 Å². The van der Waals surface area contributed by atoms with E-state index in [4.69, 9.17) is 0 Å². The average molecular weight is 270 g/mol. The molecule has 112 valence electrons. The molecule has 2 N–H and O–H groups in total. The Bertz CT molecular complexity index is 269. The van der Waals surface area contributed by atoms with Crippen molar-refractivity contribution in [1.82, 2.24) is 10.2 Å². The van der Waals surface area contributed by atoms with Crippen LogP contribution >= 0.6 is 0 Å². The van der Waals surface area contributed by atoms with Gasteiger partial charge in [-0.3, -0.25) is 0 Å². The fraction of sp³-hybridized carbons (Fsp3) is 0.933. The number of rotatable bonds is 6. The summed E-state index contributed by atoms with van der Waals surface area (Å²) in [5.74, 6) is 0.231. The Morgan fingerprint density at radius 3 is 2.79 bits per heavy atom. The summed E-state index contributed by atoms with van der Waals surface area (Å²) in [7, 11) is 0. The van der Waals surface area contributed by atoms with Gasteiger partial charge in [0.1, 0.15) is 0 Å². The zero-order valence-electron chi connectivity index (χ0n) is 12.7. The van der Waals surface area contributed by atoms with E-state index in [0.29, 0.717) is 6.54 Å². The molecule has 1 aliphatic rings. The molecule has 4 heteroatoms. The number of likely N-dealkylation sites (tertiary alicyclic amines) is 1. The van der Waals surface area contributed by atoms with Gasteiger partial charge < -0.3 is 15.3 Å². The van der Waals surface area contributed by atoms with Crippen molar-refractivity contribution in [2.45, 2.75) is 71.4 Å². The molecule has 0 aromatic heterocycles. The number of carbonyl (C=O) groups is 1. The van der Waals surface area contributed by atoms with Crippen molar-refractivity contribution in [3.05, 3.63) is 0 Å². The average Bonchev–Trinajstić information content (AvgIpc) is 2.39. The minimum absolute atomic E-state index is 0.0364. The summed E-state index contributed by atoms with van der Waals surface area (Å²) in [6, 6.07) is 0.278. The minimum atomic E-state index is -0.322. The van der Waals surface area contributed by atoms with Crippen LogP contribution in [0.25, 0.3) is 0 Å². The molecular formula is C15H30N2O2.